The number of rotatable bonds is 8. The van der Waals surface area contributed by atoms with Crippen LogP contribution in [0.3, 0.4) is 0 Å². The van der Waals surface area contributed by atoms with Crippen LogP contribution in [0.2, 0.25) is 0 Å². The Morgan fingerprint density at radius 1 is 1.00 bits per heavy atom. The molecule has 5 heterocycles. The van der Waals surface area contributed by atoms with Gasteiger partial charge in [0.1, 0.15) is 23.4 Å². The summed E-state index contributed by atoms with van der Waals surface area (Å²) in [6.45, 7) is 4.38. The summed E-state index contributed by atoms with van der Waals surface area (Å²) >= 11 is 0. The number of morpholine rings is 1. The van der Waals surface area contributed by atoms with E-state index >= 15 is 4.39 Å². The SMILES string of the molecule is Cc1cc(N2CCOCC2)cc(F)c1C(=O)NC(Cc1ccc(-n2c(=O)c3ccncc3n(C)c2=O)c2ncccc12)C(=O)Oc1ccc2c(c1)OCC2. The number of carbonyl (C=O) groups excluding carboxylic acids is 2. The fourth-order valence-corrected chi connectivity index (χ4v) is 7.14. The van der Waals surface area contributed by atoms with Crippen LogP contribution in [0.1, 0.15) is 27.0 Å². The number of nitrogens with zero attached hydrogens (tertiary/aromatic N) is 5. The third-order valence-corrected chi connectivity index (χ3v) is 9.93. The van der Waals surface area contributed by atoms with Crippen LogP contribution in [0.4, 0.5) is 10.1 Å². The highest BCUT2D eigenvalue weighted by Crippen LogP contribution is 2.31. The lowest BCUT2D eigenvalue weighted by Gasteiger charge is -2.29. The van der Waals surface area contributed by atoms with Gasteiger partial charge >= 0.3 is 11.7 Å². The van der Waals surface area contributed by atoms with Crippen molar-refractivity contribution in [3.63, 3.8) is 0 Å². The average Bonchev–Trinajstić information content (AvgIpc) is 3.66. The van der Waals surface area contributed by atoms with E-state index in [4.69, 9.17) is 14.2 Å². The number of hydrogen-bond acceptors (Lipinski definition) is 10. The van der Waals surface area contributed by atoms with Crippen molar-refractivity contribution in [2.24, 2.45) is 7.05 Å². The van der Waals surface area contributed by atoms with E-state index in [0.29, 0.717) is 77.3 Å². The lowest BCUT2D eigenvalue weighted by atomic mass is 9.99. The molecule has 14 heteroatoms. The van der Waals surface area contributed by atoms with Crippen molar-refractivity contribution in [2.75, 3.05) is 37.8 Å². The van der Waals surface area contributed by atoms with Gasteiger partial charge in [0.15, 0.2) is 0 Å². The third kappa shape index (κ3) is 6.34. The molecule has 0 bridgehead atoms. The lowest BCUT2D eigenvalue weighted by molar-refractivity contribution is -0.136. The molecule has 2 aliphatic rings. The van der Waals surface area contributed by atoms with E-state index in [1.54, 1.807) is 62.5 Å². The molecule has 0 spiro atoms. The molecule has 1 atom stereocenters. The predicted octanol–water partition coefficient (Wildman–Crippen LogP) is 3.80. The smallest absolute Gasteiger partial charge is 0.335 e. The molecule has 1 N–H and O–H groups in total. The molecule has 2 aliphatic heterocycles. The molecule has 13 nitrogen and oxygen atoms in total. The molecule has 6 aromatic rings. The number of carbonyl (C=O) groups is 2. The van der Waals surface area contributed by atoms with Crippen molar-refractivity contribution < 1.29 is 28.2 Å². The van der Waals surface area contributed by atoms with Crippen molar-refractivity contribution in [1.29, 1.82) is 0 Å². The number of nitrogens with one attached hydrogen (secondary N) is 1. The molecule has 54 heavy (non-hydrogen) atoms. The fraction of sp³-hybridized carbons (Fsp3) is 0.250. The monoisotopic (exact) mass is 730 g/mol. The van der Waals surface area contributed by atoms with Gasteiger partial charge in [-0.2, -0.15) is 0 Å². The highest BCUT2D eigenvalue weighted by Gasteiger charge is 2.29. The minimum atomic E-state index is -1.30. The normalized spacial score (nSPS) is 14.5. The molecule has 8 rings (SSSR count). The summed E-state index contributed by atoms with van der Waals surface area (Å²) in [6.07, 6.45) is 5.11. The molecular weight excluding hydrogens is 695 g/mol. The molecule has 1 saturated heterocycles. The zero-order valence-electron chi connectivity index (χ0n) is 29.5. The summed E-state index contributed by atoms with van der Waals surface area (Å²) in [4.78, 5) is 65.8. The van der Waals surface area contributed by atoms with Crippen LogP contribution in [-0.4, -0.2) is 69.9 Å². The Labute approximate surface area is 307 Å². The number of halogens is 1. The summed E-state index contributed by atoms with van der Waals surface area (Å²) < 4.78 is 35.0. The zero-order valence-corrected chi connectivity index (χ0v) is 29.5. The quantitative estimate of drug-likeness (QED) is 0.181. The summed E-state index contributed by atoms with van der Waals surface area (Å²) in [5.41, 5.74) is 2.17. The van der Waals surface area contributed by atoms with Gasteiger partial charge in [0.05, 0.1) is 53.7 Å². The topological polar surface area (TPSA) is 147 Å². The molecule has 1 unspecified atom stereocenters. The highest BCUT2D eigenvalue weighted by molar-refractivity contribution is 5.99. The number of benzene rings is 3. The molecule has 0 radical (unpaired) electrons. The Balaban J connectivity index is 1.17. The van der Waals surface area contributed by atoms with E-state index in [0.717, 1.165) is 16.6 Å². The number of fused-ring (bicyclic) bond motifs is 3. The second kappa shape index (κ2) is 14.2. The molecule has 1 amide bonds. The van der Waals surface area contributed by atoms with Crippen molar-refractivity contribution in [1.82, 2.24) is 24.4 Å². The van der Waals surface area contributed by atoms with Gasteiger partial charge in [-0.1, -0.05) is 18.2 Å². The maximum absolute atomic E-state index is 15.8. The average molecular weight is 731 g/mol. The molecule has 1 fully saturated rings. The Morgan fingerprint density at radius 3 is 2.65 bits per heavy atom. The first kappa shape index (κ1) is 34.7. The van der Waals surface area contributed by atoms with Gasteiger partial charge in [-0.25, -0.2) is 18.5 Å². The van der Waals surface area contributed by atoms with Crippen LogP contribution in [0.25, 0.3) is 27.5 Å². The summed E-state index contributed by atoms with van der Waals surface area (Å²) in [7, 11) is 1.55. The highest BCUT2D eigenvalue weighted by atomic mass is 19.1. The summed E-state index contributed by atoms with van der Waals surface area (Å²) in [6, 6.07) is 15.1. The van der Waals surface area contributed by atoms with E-state index in [1.807, 2.05) is 11.0 Å². The second-order valence-electron chi connectivity index (χ2n) is 13.3. The van der Waals surface area contributed by atoms with Crippen LogP contribution in [0.5, 0.6) is 11.5 Å². The minimum absolute atomic E-state index is 0.0999. The predicted molar refractivity (Wildman–Crippen MR) is 198 cm³/mol. The van der Waals surface area contributed by atoms with E-state index in [1.165, 1.54) is 29.2 Å². The van der Waals surface area contributed by atoms with Gasteiger partial charge < -0.3 is 24.4 Å². The van der Waals surface area contributed by atoms with Crippen LogP contribution < -0.4 is 30.9 Å². The molecule has 3 aromatic heterocycles. The first-order chi connectivity index (χ1) is 26.2. The van der Waals surface area contributed by atoms with Gasteiger partial charge in [0.25, 0.3) is 11.5 Å². The van der Waals surface area contributed by atoms with Gasteiger partial charge in [0.2, 0.25) is 0 Å². The number of aromatic nitrogens is 4. The molecule has 0 saturated carbocycles. The van der Waals surface area contributed by atoms with Crippen LogP contribution in [0.15, 0.2) is 88.8 Å². The van der Waals surface area contributed by atoms with E-state index in [9.17, 15) is 19.2 Å². The van der Waals surface area contributed by atoms with Gasteiger partial charge in [-0.15, -0.1) is 0 Å². The van der Waals surface area contributed by atoms with Crippen molar-refractivity contribution in [3.8, 4) is 17.2 Å². The number of esters is 1. The zero-order chi connectivity index (χ0) is 37.5. The maximum Gasteiger partial charge on any atom is 0.335 e. The number of aryl methyl sites for hydroxylation is 2. The third-order valence-electron chi connectivity index (χ3n) is 9.93. The molecule has 3 aromatic carbocycles. The fourth-order valence-electron chi connectivity index (χ4n) is 7.14. The van der Waals surface area contributed by atoms with Crippen molar-refractivity contribution >= 4 is 39.4 Å². The minimum Gasteiger partial charge on any atom is -0.493 e. The number of anilines is 1. The van der Waals surface area contributed by atoms with Gasteiger partial charge in [-0.3, -0.25) is 24.1 Å². The van der Waals surface area contributed by atoms with Gasteiger partial charge in [0, 0.05) is 62.5 Å². The Bertz CT molecular complexity index is 2570. The molecule has 274 valence electrons. The van der Waals surface area contributed by atoms with E-state index in [-0.39, 0.29) is 23.4 Å². The van der Waals surface area contributed by atoms with E-state index < -0.39 is 35.0 Å². The Kier molecular flexibility index (Phi) is 9.11. The molecule has 0 aliphatic carbocycles. The largest absolute Gasteiger partial charge is 0.493 e. The number of ether oxygens (including phenoxy) is 3. The van der Waals surface area contributed by atoms with Crippen LogP contribution in [-0.2, 0) is 29.4 Å². The van der Waals surface area contributed by atoms with Crippen molar-refractivity contribution in [3.05, 3.63) is 128 Å². The first-order valence-corrected chi connectivity index (χ1v) is 17.5. The maximum atomic E-state index is 15.8. The Hall–Kier alpha value is -6.41. The van der Waals surface area contributed by atoms with Crippen LogP contribution in [0, 0.1) is 12.7 Å². The van der Waals surface area contributed by atoms with Gasteiger partial charge in [-0.05, 0) is 60.0 Å². The second-order valence-corrected chi connectivity index (χ2v) is 13.3. The number of pyridine rings is 2. The summed E-state index contributed by atoms with van der Waals surface area (Å²) in [5.74, 6) is -1.48. The number of hydrogen-bond donors (Lipinski definition) is 1. The Morgan fingerprint density at radius 2 is 1.83 bits per heavy atom. The van der Waals surface area contributed by atoms with Crippen molar-refractivity contribution in [2.45, 2.75) is 25.8 Å². The van der Waals surface area contributed by atoms with E-state index in [2.05, 4.69) is 15.3 Å². The first-order valence-electron chi connectivity index (χ1n) is 17.5. The lowest BCUT2D eigenvalue weighted by Crippen LogP contribution is -2.45. The van der Waals surface area contributed by atoms with Crippen LogP contribution >= 0.6 is 0 Å². The molecular formula is C40H35FN6O7. The summed E-state index contributed by atoms with van der Waals surface area (Å²) in [5, 5.41) is 3.56. The standard InChI is InChI=1S/C40H35FN6O7/c1-23-18-26(46-13-16-52-17-14-46)20-30(41)35(23)37(48)44-31(39(50)54-27-7-5-24-10-15-53-34(24)21-27)19-25-6-8-32(36-28(25)4-3-11-43-36)47-38(49)29-9-12-42-22-33(29)45(2)40(47)51/h3-9,11-12,18,20-22,31H,10,13-17,19H2,1-2H3,(H,44,48). The number of amides is 1.